The minimum absolute atomic E-state index is 0.204. The molecule has 3 rings (SSSR count). The second-order valence-corrected chi connectivity index (χ2v) is 8.05. The fourth-order valence-electron chi connectivity index (χ4n) is 2.34. The summed E-state index contributed by atoms with van der Waals surface area (Å²) in [6, 6.07) is 18.2. The van der Waals surface area contributed by atoms with Gasteiger partial charge in [0.1, 0.15) is 11.0 Å². The van der Waals surface area contributed by atoms with Gasteiger partial charge in [-0.15, -0.1) is 10.2 Å². The smallest absolute Gasteiger partial charge is 0.210 e. The van der Waals surface area contributed by atoms with Crippen molar-refractivity contribution < 1.29 is 4.74 Å². The summed E-state index contributed by atoms with van der Waals surface area (Å²) in [6.07, 6.45) is 0.677. The molecular weight excluding hydrogens is 364 g/mol. The van der Waals surface area contributed by atoms with E-state index in [1.54, 1.807) is 7.11 Å². The molecule has 0 fully saturated rings. The van der Waals surface area contributed by atoms with Crippen LogP contribution in [0.3, 0.4) is 0 Å². The molecule has 0 saturated heterocycles. The number of nitrogens with one attached hydrogen (secondary N) is 1. The molecule has 0 radical (unpaired) electrons. The summed E-state index contributed by atoms with van der Waals surface area (Å²) in [4.78, 5) is 0. The van der Waals surface area contributed by atoms with E-state index in [2.05, 4.69) is 52.8 Å². The van der Waals surface area contributed by atoms with Crippen LogP contribution < -0.4 is 10.1 Å². The zero-order chi connectivity index (χ0) is 18.4. The minimum atomic E-state index is -0.204. The third kappa shape index (κ3) is 4.75. The van der Waals surface area contributed by atoms with Gasteiger partial charge in [-0.2, -0.15) is 5.26 Å². The fraction of sp³-hybridized carbons (Fsp3) is 0.211. The molecule has 0 aliphatic heterocycles. The molecule has 0 bridgehead atoms. The fourth-order valence-corrected chi connectivity index (χ4v) is 4.27. The topological polar surface area (TPSA) is 70.8 Å². The van der Waals surface area contributed by atoms with Crippen LogP contribution in [-0.4, -0.2) is 22.6 Å². The van der Waals surface area contributed by atoms with Gasteiger partial charge in [0.05, 0.1) is 18.9 Å². The average molecular weight is 383 g/mol. The average Bonchev–Trinajstić information content (AvgIpc) is 3.10. The summed E-state index contributed by atoms with van der Waals surface area (Å²) < 4.78 is 6.09. The number of nitriles is 1. The van der Waals surface area contributed by atoms with Crippen molar-refractivity contribution in [1.82, 2.24) is 10.2 Å². The number of para-hydroxylation sites is 2. The Bertz CT molecular complexity index is 902. The highest BCUT2D eigenvalue weighted by Gasteiger charge is 2.15. The van der Waals surface area contributed by atoms with Crippen molar-refractivity contribution in [2.24, 2.45) is 0 Å². The molecule has 0 amide bonds. The zero-order valence-corrected chi connectivity index (χ0v) is 16.1. The van der Waals surface area contributed by atoms with Crippen LogP contribution in [0.5, 0.6) is 5.75 Å². The maximum atomic E-state index is 9.47. The lowest BCUT2D eigenvalue weighted by Gasteiger charge is -2.08. The highest BCUT2D eigenvalue weighted by atomic mass is 32.2. The van der Waals surface area contributed by atoms with Crippen LogP contribution >= 0.6 is 23.1 Å². The van der Waals surface area contributed by atoms with E-state index in [-0.39, 0.29) is 5.25 Å². The Hall–Kier alpha value is -2.56. The van der Waals surface area contributed by atoms with Crippen molar-refractivity contribution >= 4 is 33.9 Å². The Kier molecular flexibility index (Phi) is 6.10. The van der Waals surface area contributed by atoms with Crippen molar-refractivity contribution in [3.8, 4) is 11.8 Å². The monoisotopic (exact) mass is 382 g/mol. The van der Waals surface area contributed by atoms with Crippen LogP contribution in [0, 0.1) is 18.3 Å². The van der Waals surface area contributed by atoms with Crippen LogP contribution in [0.1, 0.15) is 11.1 Å². The summed E-state index contributed by atoms with van der Waals surface area (Å²) >= 11 is 2.87. The standard InChI is InChI=1S/C19H18N4OS2/c1-13-7-9-14(10-8-13)11-15(12-20)25-19-23-22-18(26-19)21-16-5-3-4-6-17(16)24-2/h3-10,15H,11H2,1-2H3,(H,21,22)/t15-/m1/s1. The number of hydrogen-bond donors (Lipinski definition) is 1. The number of methoxy groups -OCH3 is 1. The number of aromatic nitrogens is 2. The van der Waals surface area contributed by atoms with Gasteiger partial charge in [0, 0.05) is 0 Å². The van der Waals surface area contributed by atoms with Gasteiger partial charge in [-0.1, -0.05) is 65.1 Å². The summed E-state index contributed by atoms with van der Waals surface area (Å²) in [7, 11) is 1.63. The number of rotatable bonds is 7. The molecule has 0 aliphatic rings. The van der Waals surface area contributed by atoms with E-state index in [1.165, 1.54) is 28.7 Å². The molecule has 132 valence electrons. The number of benzene rings is 2. The van der Waals surface area contributed by atoms with Gasteiger partial charge >= 0.3 is 0 Å². The Labute approximate surface area is 161 Å². The molecule has 1 atom stereocenters. The largest absolute Gasteiger partial charge is 0.495 e. The number of hydrogen-bond acceptors (Lipinski definition) is 7. The second kappa shape index (κ2) is 8.70. The molecule has 0 aliphatic carbocycles. The molecule has 26 heavy (non-hydrogen) atoms. The Morgan fingerprint density at radius 1 is 1.19 bits per heavy atom. The minimum Gasteiger partial charge on any atom is -0.495 e. The summed E-state index contributed by atoms with van der Waals surface area (Å²) in [6.45, 7) is 2.05. The van der Waals surface area contributed by atoms with E-state index in [9.17, 15) is 5.26 Å². The third-order valence-electron chi connectivity index (χ3n) is 3.68. The van der Waals surface area contributed by atoms with E-state index >= 15 is 0 Å². The number of ether oxygens (including phenoxy) is 1. The van der Waals surface area contributed by atoms with Crippen LogP contribution in [-0.2, 0) is 6.42 Å². The van der Waals surface area contributed by atoms with Gasteiger partial charge in [-0.3, -0.25) is 0 Å². The van der Waals surface area contributed by atoms with E-state index in [1.807, 2.05) is 24.3 Å². The molecular formula is C19H18N4OS2. The molecule has 5 nitrogen and oxygen atoms in total. The Morgan fingerprint density at radius 2 is 1.96 bits per heavy atom. The van der Waals surface area contributed by atoms with Gasteiger partial charge in [0.25, 0.3) is 0 Å². The zero-order valence-electron chi connectivity index (χ0n) is 14.5. The lowest BCUT2D eigenvalue weighted by atomic mass is 10.1. The predicted octanol–water partition coefficient (Wildman–Crippen LogP) is 4.83. The van der Waals surface area contributed by atoms with E-state index < -0.39 is 0 Å². The first kappa shape index (κ1) is 18.2. The lowest BCUT2D eigenvalue weighted by molar-refractivity contribution is 0.417. The van der Waals surface area contributed by atoms with Gasteiger partial charge in [-0.05, 0) is 31.0 Å². The first-order chi connectivity index (χ1) is 12.7. The summed E-state index contributed by atoms with van der Waals surface area (Å²) in [5.74, 6) is 0.742. The van der Waals surface area contributed by atoms with Crippen LogP contribution in [0.15, 0.2) is 52.9 Å². The first-order valence-electron chi connectivity index (χ1n) is 8.03. The molecule has 1 aromatic heterocycles. The van der Waals surface area contributed by atoms with Crippen LogP contribution in [0.2, 0.25) is 0 Å². The molecule has 2 aromatic carbocycles. The van der Waals surface area contributed by atoms with Crippen molar-refractivity contribution in [3.05, 3.63) is 59.7 Å². The highest BCUT2D eigenvalue weighted by Crippen LogP contribution is 2.33. The normalized spacial score (nSPS) is 11.6. The molecule has 1 heterocycles. The molecule has 7 heteroatoms. The maximum absolute atomic E-state index is 9.47. The van der Waals surface area contributed by atoms with Gasteiger partial charge in [0.2, 0.25) is 5.13 Å². The Balaban J connectivity index is 1.65. The van der Waals surface area contributed by atoms with E-state index in [4.69, 9.17) is 4.74 Å². The summed E-state index contributed by atoms with van der Waals surface area (Å²) in [5.41, 5.74) is 3.19. The molecule has 1 N–H and O–H groups in total. The number of aryl methyl sites for hydroxylation is 1. The van der Waals surface area contributed by atoms with Crippen LogP contribution in [0.4, 0.5) is 10.8 Å². The highest BCUT2D eigenvalue weighted by molar-refractivity contribution is 8.01. The molecule has 0 saturated carbocycles. The first-order valence-corrected chi connectivity index (χ1v) is 9.73. The van der Waals surface area contributed by atoms with Crippen molar-refractivity contribution in [2.45, 2.75) is 22.9 Å². The Morgan fingerprint density at radius 3 is 2.69 bits per heavy atom. The van der Waals surface area contributed by atoms with Crippen molar-refractivity contribution in [2.75, 3.05) is 12.4 Å². The van der Waals surface area contributed by atoms with Crippen molar-refractivity contribution in [3.63, 3.8) is 0 Å². The van der Waals surface area contributed by atoms with E-state index in [0.29, 0.717) is 11.6 Å². The van der Waals surface area contributed by atoms with Gasteiger partial charge in [-0.25, -0.2) is 0 Å². The third-order valence-corrected chi connectivity index (χ3v) is 5.70. The number of thioether (sulfide) groups is 1. The van der Waals surface area contributed by atoms with Crippen LogP contribution in [0.25, 0.3) is 0 Å². The summed E-state index contributed by atoms with van der Waals surface area (Å²) in [5, 5.41) is 21.5. The molecule has 0 unspecified atom stereocenters. The van der Waals surface area contributed by atoms with Gasteiger partial charge in [0.15, 0.2) is 4.34 Å². The molecule has 0 spiro atoms. The number of anilines is 2. The molecule has 3 aromatic rings. The quantitative estimate of drug-likeness (QED) is 0.590. The maximum Gasteiger partial charge on any atom is 0.210 e. The SMILES string of the molecule is COc1ccccc1Nc1nnc(S[C@@H](C#N)Cc2ccc(C)cc2)s1. The lowest BCUT2D eigenvalue weighted by Crippen LogP contribution is -2.03. The van der Waals surface area contributed by atoms with Gasteiger partial charge < -0.3 is 10.1 Å². The number of nitrogens with zero attached hydrogens (tertiary/aromatic N) is 3. The predicted molar refractivity (Wildman–Crippen MR) is 106 cm³/mol. The second-order valence-electron chi connectivity index (χ2n) is 5.62. The van der Waals surface area contributed by atoms with E-state index in [0.717, 1.165) is 21.3 Å². The van der Waals surface area contributed by atoms with Crippen molar-refractivity contribution in [1.29, 1.82) is 5.26 Å².